The van der Waals surface area contributed by atoms with Crippen LogP contribution in [0.5, 0.6) is 40.2 Å². The highest BCUT2D eigenvalue weighted by Crippen LogP contribution is 2.44. The zero-order chi connectivity index (χ0) is 41.4. The van der Waals surface area contributed by atoms with Crippen LogP contribution >= 0.6 is 0 Å². The number of phenols is 7. The van der Waals surface area contributed by atoms with Crippen molar-refractivity contribution in [1.82, 2.24) is 0 Å². The minimum atomic E-state index is -0.411. The molecule has 0 heterocycles. The Morgan fingerprint density at radius 3 is 0.948 bits per heavy atom. The molecule has 7 aromatic rings. The summed E-state index contributed by atoms with van der Waals surface area (Å²) in [6, 6.07) is 35.7. The summed E-state index contributed by atoms with van der Waals surface area (Å²) in [4.78, 5) is 0. The maximum absolute atomic E-state index is 11.9. The predicted molar refractivity (Wildman–Crippen MR) is 228 cm³/mol. The Balaban J connectivity index is 1.26. The van der Waals surface area contributed by atoms with E-state index in [0.29, 0.717) is 24.0 Å². The minimum absolute atomic E-state index is 0.106. The zero-order valence-electron chi connectivity index (χ0n) is 33.2. The molecular formula is C51H48O7. The first kappa shape index (κ1) is 39.4. The molecule has 294 valence electrons. The van der Waals surface area contributed by atoms with Crippen molar-refractivity contribution in [3.8, 4) is 40.2 Å². The van der Waals surface area contributed by atoms with E-state index in [1.165, 1.54) is 0 Å². The molecule has 7 aromatic carbocycles. The summed E-state index contributed by atoms with van der Waals surface area (Å²) in [6.07, 6.45) is 0.763. The summed E-state index contributed by atoms with van der Waals surface area (Å²) in [7, 11) is 0. The lowest BCUT2D eigenvalue weighted by Crippen LogP contribution is -2.08. The van der Waals surface area contributed by atoms with Crippen LogP contribution in [-0.2, 0) is 12.8 Å². The van der Waals surface area contributed by atoms with Gasteiger partial charge in [0.1, 0.15) is 40.2 Å². The molecule has 0 saturated heterocycles. The van der Waals surface area contributed by atoms with E-state index in [0.717, 1.165) is 72.3 Å². The van der Waals surface area contributed by atoms with Gasteiger partial charge in [-0.3, -0.25) is 0 Å². The van der Waals surface area contributed by atoms with Gasteiger partial charge in [-0.15, -0.1) is 0 Å². The van der Waals surface area contributed by atoms with Crippen LogP contribution in [0.2, 0.25) is 0 Å². The molecule has 0 bridgehead atoms. The Labute approximate surface area is 339 Å². The normalized spacial score (nSPS) is 11.4. The fraction of sp³-hybridized carbons (Fsp3) is 0.176. The van der Waals surface area contributed by atoms with Crippen LogP contribution in [0.15, 0.2) is 121 Å². The van der Waals surface area contributed by atoms with E-state index in [1.54, 1.807) is 60.7 Å². The van der Waals surface area contributed by atoms with Crippen molar-refractivity contribution in [2.45, 2.75) is 59.3 Å². The molecule has 0 radical (unpaired) electrons. The standard InChI is InChI=1S/C51H48O7/c1-28-18-35(24-33-6-16-47(56)45(26-33)49(41-12-8-37(52)20-29(41)2)42-13-9-38(53)21-30(42)3)51(58)36(19-28)25-34-7-17-48(57)46(27-34)50(43-14-10-39(54)22-31(43)4)44-15-11-40(55)23-32(44)5/h6-23,26-27,49-50,52-58H,24-25H2,1-5H3. The Bertz CT molecular complexity index is 2390. The third-order valence-corrected chi connectivity index (χ3v) is 11.3. The topological polar surface area (TPSA) is 142 Å². The molecule has 0 aliphatic heterocycles. The molecule has 7 nitrogen and oxygen atoms in total. The molecule has 0 fully saturated rings. The van der Waals surface area contributed by atoms with Gasteiger partial charge >= 0.3 is 0 Å². The third-order valence-electron chi connectivity index (χ3n) is 11.3. The number of benzene rings is 7. The van der Waals surface area contributed by atoms with Crippen LogP contribution in [0, 0.1) is 34.6 Å². The van der Waals surface area contributed by atoms with Gasteiger partial charge in [0.2, 0.25) is 0 Å². The highest BCUT2D eigenvalue weighted by Gasteiger charge is 2.26. The van der Waals surface area contributed by atoms with Crippen molar-refractivity contribution >= 4 is 0 Å². The Kier molecular flexibility index (Phi) is 10.8. The van der Waals surface area contributed by atoms with Crippen LogP contribution in [-0.4, -0.2) is 35.7 Å². The average Bonchev–Trinajstić information content (AvgIpc) is 3.16. The summed E-state index contributed by atoms with van der Waals surface area (Å²) >= 11 is 0. The van der Waals surface area contributed by atoms with Gasteiger partial charge in [-0.1, -0.05) is 66.2 Å². The molecule has 0 saturated carbocycles. The van der Waals surface area contributed by atoms with Crippen LogP contribution < -0.4 is 0 Å². The highest BCUT2D eigenvalue weighted by atomic mass is 16.3. The second-order valence-electron chi connectivity index (χ2n) is 15.6. The Morgan fingerprint density at radius 1 is 0.345 bits per heavy atom. The van der Waals surface area contributed by atoms with Crippen LogP contribution in [0.3, 0.4) is 0 Å². The van der Waals surface area contributed by atoms with Gasteiger partial charge in [0.15, 0.2) is 0 Å². The molecule has 0 spiro atoms. The SMILES string of the molecule is Cc1cc(Cc2ccc(O)c(C(c3ccc(O)cc3C)c3ccc(O)cc3C)c2)c(O)c(Cc2ccc(O)c(C(c3ccc(O)cc3C)c3ccc(O)cc3C)c2)c1. The lowest BCUT2D eigenvalue weighted by atomic mass is 9.80. The molecule has 0 amide bonds. The molecule has 7 N–H and O–H groups in total. The van der Waals surface area contributed by atoms with E-state index in [1.807, 2.05) is 95.3 Å². The molecule has 0 unspecified atom stereocenters. The van der Waals surface area contributed by atoms with E-state index >= 15 is 0 Å². The first-order valence-corrected chi connectivity index (χ1v) is 19.3. The number of hydrogen-bond donors (Lipinski definition) is 7. The largest absolute Gasteiger partial charge is 0.508 e. The second kappa shape index (κ2) is 15.9. The summed E-state index contributed by atoms with van der Waals surface area (Å²) in [5.41, 5.74) is 12.5. The van der Waals surface area contributed by atoms with Gasteiger partial charge in [-0.05, 0) is 162 Å². The van der Waals surface area contributed by atoms with Crippen molar-refractivity contribution in [3.05, 3.63) is 205 Å². The molecule has 0 aliphatic carbocycles. The fourth-order valence-electron chi connectivity index (χ4n) is 8.47. The van der Waals surface area contributed by atoms with Gasteiger partial charge < -0.3 is 35.7 Å². The first-order valence-electron chi connectivity index (χ1n) is 19.3. The Morgan fingerprint density at radius 2 is 0.655 bits per heavy atom. The van der Waals surface area contributed by atoms with Crippen molar-refractivity contribution in [2.75, 3.05) is 0 Å². The van der Waals surface area contributed by atoms with E-state index < -0.39 is 11.8 Å². The van der Waals surface area contributed by atoms with Crippen molar-refractivity contribution in [3.63, 3.8) is 0 Å². The highest BCUT2D eigenvalue weighted by molar-refractivity contribution is 5.58. The van der Waals surface area contributed by atoms with E-state index in [9.17, 15) is 35.7 Å². The summed E-state index contributed by atoms with van der Waals surface area (Å²) in [5, 5.41) is 75.5. The van der Waals surface area contributed by atoms with E-state index in [4.69, 9.17) is 0 Å². The molecule has 58 heavy (non-hydrogen) atoms. The number of rotatable bonds is 10. The van der Waals surface area contributed by atoms with Crippen molar-refractivity contribution in [2.24, 2.45) is 0 Å². The molecule has 7 rings (SSSR count). The molecule has 0 aromatic heterocycles. The number of aromatic hydroxyl groups is 7. The molecule has 0 atom stereocenters. The second-order valence-corrected chi connectivity index (χ2v) is 15.6. The smallest absolute Gasteiger partial charge is 0.122 e. The first-order chi connectivity index (χ1) is 27.7. The fourth-order valence-corrected chi connectivity index (χ4v) is 8.47. The summed E-state index contributed by atoms with van der Waals surface area (Å²) in [5.74, 6) is 0.142. The summed E-state index contributed by atoms with van der Waals surface area (Å²) in [6.45, 7) is 9.68. The molecular weight excluding hydrogens is 725 g/mol. The van der Waals surface area contributed by atoms with Gasteiger partial charge in [0, 0.05) is 35.8 Å². The van der Waals surface area contributed by atoms with Crippen molar-refractivity contribution in [1.29, 1.82) is 0 Å². The maximum Gasteiger partial charge on any atom is 0.122 e. The van der Waals surface area contributed by atoms with E-state index in [-0.39, 0.29) is 40.2 Å². The van der Waals surface area contributed by atoms with Gasteiger partial charge in [-0.2, -0.15) is 0 Å². The average molecular weight is 773 g/mol. The molecule has 7 heteroatoms. The van der Waals surface area contributed by atoms with Crippen LogP contribution in [0.25, 0.3) is 0 Å². The quantitative estimate of drug-likeness (QED) is 0.0686. The van der Waals surface area contributed by atoms with Gasteiger partial charge in [0.05, 0.1) is 0 Å². The molecule has 0 aliphatic rings. The summed E-state index contributed by atoms with van der Waals surface area (Å²) < 4.78 is 0. The maximum atomic E-state index is 11.9. The third kappa shape index (κ3) is 8.02. The predicted octanol–water partition coefficient (Wildman–Crippen LogP) is 10.7. The van der Waals surface area contributed by atoms with E-state index in [2.05, 4.69) is 0 Å². The number of aryl methyl sites for hydroxylation is 5. The van der Waals surface area contributed by atoms with Crippen LogP contribution in [0.1, 0.15) is 95.3 Å². The van der Waals surface area contributed by atoms with Crippen LogP contribution in [0.4, 0.5) is 0 Å². The van der Waals surface area contributed by atoms with Crippen molar-refractivity contribution < 1.29 is 35.7 Å². The number of hydrogen-bond acceptors (Lipinski definition) is 7. The lowest BCUT2D eigenvalue weighted by molar-refractivity contribution is 0.462. The Hall–Kier alpha value is -6.86. The minimum Gasteiger partial charge on any atom is -0.508 e. The monoisotopic (exact) mass is 772 g/mol. The lowest BCUT2D eigenvalue weighted by Gasteiger charge is -2.24. The zero-order valence-corrected chi connectivity index (χ0v) is 33.2. The van der Waals surface area contributed by atoms with Gasteiger partial charge in [0.25, 0.3) is 0 Å². The number of phenolic OH excluding ortho intramolecular Hbond substituents is 7. The van der Waals surface area contributed by atoms with Gasteiger partial charge in [-0.25, -0.2) is 0 Å².